The first-order chi connectivity index (χ1) is 11.9. The lowest BCUT2D eigenvalue weighted by Crippen LogP contribution is -2.36. The number of halogens is 1. The van der Waals surface area contributed by atoms with E-state index >= 15 is 0 Å². The third-order valence-electron chi connectivity index (χ3n) is 3.50. The lowest BCUT2D eigenvalue weighted by atomic mass is 10.2. The molecule has 7 nitrogen and oxygen atoms in total. The van der Waals surface area contributed by atoms with E-state index in [1.54, 1.807) is 0 Å². The van der Waals surface area contributed by atoms with Crippen LogP contribution < -0.4 is 4.74 Å². The fraction of sp³-hybridized carbons (Fsp3) is 0.529. The Hall–Kier alpha value is -1.64. The van der Waals surface area contributed by atoms with Gasteiger partial charge in [0.2, 0.25) is 0 Å². The second kappa shape index (κ2) is 11.8. The van der Waals surface area contributed by atoms with Gasteiger partial charge in [-0.1, -0.05) is 6.07 Å². The Morgan fingerprint density at radius 3 is 2.40 bits per heavy atom. The molecule has 0 spiro atoms. The molecule has 0 radical (unpaired) electrons. The minimum atomic E-state index is -1.82. The number of carboxylic acid groups (broad SMARTS) is 2. The fourth-order valence-corrected chi connectivity index (χ4v) is 2.78. The molecule has 1 aliphatic rings. The molecule has 1 aliphatic heterocycles. The van der Waals surface area contributed by atoms with Crippen LogP contribution in [-0.4, -0.2) is 66.5 Å². The summed E-state index contributed by atoms with van der Waals surface area (Å²) in [6, 6.07) is 6.19. The number of ether oxygens (including phenoxy) is 2. The third kappa shape index (κ3) is 9.42. The van der Waals surface area contributed by atoms with Gasteiger partial charge in [-0.05, 0) is 59.9 Å². The quantitative estimate of drug-likeness (QED) is 0.541. The largest absolute Gasteiger partial charge is 0.492 e. The van der Waals surface area contributed by atoms with E-state index in [0.29, 0.717) is 0 Å². The van der Waals surface area contributed by atoms with E-state index in [2.05, 4.69) is 39.9 Å². The van der Waals surface area contributed by atoms with Crippen molar-refractivity contribution < 1.29 is 29.3 Å². The molecule has 140 valence electrons. The second-order valence-corrected chi connectivity index (χ2v) is 6.41. The molecule has 0 saturated carbocycles. The lowest BCUT2D eigenvalue weighted by molar-refractivity contribution is -0.159. The summed E-state index contributed by atoms with van der Waals surface area (Å²) in [4.78, 5) is 20.7. The summed E-state index contributed by atoms with van der Waals surface area (Å²) in [6.07, 6.45) is 2.28. The Kier molecular flexibility index (Phi) is 10.1. The number of benzene rings is 1. The van der Waals surface area contributed by atoms with Gasteiger partial charge >= 0.3 is 11.9 Å². The number of carbonyl (C=O) groups is 2. The molecule has 1 aromatic carbocycles. The highest BCUT2D eigenvalue weighted by Gasteiger charge is 2.09. The highest BCUT2D eigenvalue weighted by atomic mass is 79.9. The van der Waals surface area contributed by atoms with E-state index in [0.717, 1.165) is 56.1 Å². The van der Waals surface area contributed by atoms with Crippen molar-refractivity contribution in [3.05, 3.63) is 28.2 Å². The fourth-order valence-electron chi connectivity index (χ4n) is 2.17. The first-order valence-electron chi connectivity index (χ1n) is 8.05. The maximum atomic E-state index is 9.10. The Balaban J connectivity index is 0.000000450. The van der Waals surface area contributed by atoms with Crippen LogP contribution in [0.2, 0.25) is 0 Å². The SMILES string of the molecule is Cc1ccc(OCCCCN2CCOCC2)c(Br)c1.O=C(O)C(=O)O. The van der Waals surface area contributed by atoms with Crippen molar-refractivity contribution >= 4 is 27.9 Å². The molecule has 2 rings (SSSR count). The predicted octanol–water partition coefficient (Wildman–Crippen LogP) is 2.40. The summed E-state index contributed by atoms with van der Waals surface area (Å²) < 4.78 is 12.2. The summed E-state index contributed by atoms with van der Waals surface area (Å²) in [5, 5.41) is 14.8. The van der Waals surface area contributed by atoms with Crippen LogP contribution in [0.3, 0.4) is 0 Å². The van der Waals surface area contributed by atoms with Gasteiger partial charge in [-0.15, -0.1) is 0 Å². The van der Waals surface area contributed by atoms with Gasteiger partial charge in [0.1, 0.15) is 5.75 Å². The monoisotopic (exact) mass is 417 g/mol. The summed E-state index contributed by atoms with van der Waals surface area (Å²) in [5.74, 6) is -2.71. The van der Waals surface area contributed by atoms with Crippen LogP contribution in [0.4, 0.5) is 0 Å². The molecule has 2 N–H and O–H groups in total. The first kappa shape index (κ1) is 21.4. The van der Waals surface area contributed by atoms with E-state index in [4.69, 9.17) is 29.3 Å². The predicted molar refractivity (Wildman–Crippen MR) is 96.1 cm³/mol. The zero-order chi connectivity index (χ0) is 18.7. The van der Waals surface area contributed by atoms with Crippen LogP contribution in [-0.2, 0) is 14.3 Å². The van der Waals surface area contributed by atoms with Gasteiger partial charge in [-0.2, -0.15) is 0 Å². The minimum absolute atomic E-state index is 0.784. The zero-order valence-corrected chi connectivity index (χ0v) is 15.8. The van der Waals surface area contributed by atoms with E-state index in [-0.39, 0.29) is 0 Å². The summed E-state index contributed by atoms with van der Waals surface area (Å²) in [5.41, 5.74) is 1.24. The number of unbranched alkanes of at least 4 members (excludes halogenated alkanes) is 1. The van der Waals surface area contributed by atoms with Gasteiger partial charge in [0.25, 0.3) is 0 Å². The molecule has 8 heteroatoms. The van der Waals surface area contributed by atoms with E-state index in [1.165, 1.54) is 12.0 Å². The maximum Gasteiger partial charge on any atom is 0.414 e. The zero-order valence-electron chi connectivity index (χ0n) is 14.2. The number of hydrogen-bond donors (Lipinski definition) is 2. The summed E-state index contributed by atoms with van der Waals surface area (Å²) in [7, 11) is 0. The maximum absolute atomic E-state index is 9.10. The van der Waals surface area contributed by atoms with Crippen molar-refractivity contribution in [2.24, 2.45) is 0 Å². The van der Waals surface area contributed by atoms with Gasteiger partial charge in [0.05, 0.1) is 24.3 Å². The third-order valence-corrected chi connectivity index (χ3v) is 4.12. The molecule has 0 unspecified atom stereocenters. The van der Waals surface area contributed by atoms with Gasteiger partial charge in [-0.25, -0.2) is 9.59 Å². The van der Waals surface area contributed by atoms with Crippen molar-refractivity contribution in [1.82, 2.24) is 4.90 Å². The Labute approximate surface area is 155 Å². The van der Waals surface area contributed by atoms with Crippen LogP contribution in [0.1, 0.15) is 18.4 Å². The average molecular weight is 418 g/mol. The number of morpholine rings is 1. The summed E-state index contributed by atoms with van der Waals surface area (Å²) in [6.45, 7) is 7.93. The number of aliphatic carboxylic acids is 2. The van der Waals surface area contributed by atoms with Crippen LogP contribution in [0, 0.1) is 6.92 Å². The Morgan fingerprint density at radius 2 is 1.84 bits per heavy atom. The van der Waals surface area contributed by atoms with E-state index in [1.807, 2.05) is 6.07 Å². The van der Waals surface area contributed by atoms with Crippen molar-refractivity contribution in [3.8, 4) is 5.75 Å². The molecular formula is C17H24BrNO6. The number of aryl methyl sites for hydroxylation is 1. The minimum Gasteiger partial charge on any atom is -0.492 e. The van der Waals surface area contributed by atoms with Crippen LogP contribution in [0.15, 0.2) is 22.7 Å². The van der Waals surface area contributed by atoms with Crippen LogP contribution in [0.5, 0.6) is 5.75 Å². The smallest absolute Gasteiger partial charge is 0.414 e. The highest BCUT2D eigenvalue weighted by Crippen LogP contribution is 2.25. The molecule has 0 amide bonds. The standard InChI is InChI=1S/C15H22BrNO2.C2H2O4/c1-13-4-5-15(14(16)12-13)19-9-3-2-6-17-7-10-18-11-8-17;3-1(4)2(5)6/h4-5,12H,2-3,6-11H2,1H3;(H,3,4)(H,5,6). The average Bonchev–Trinajstić information content (AvgIpc) is 2.58. The van der Waals surface area contributed by atoms with Gasteiger partial charge < -0.3 is 19.7 Å². The number of hydrogen-bond acceptors (Lipinski definition) is 5. The number of nitrogens with zero attached hydrogens (tertiary/aromatic N) is 1. The van der Waals surface area contributed by atoms with Gasteiger partial charge in [-0.3, -0.25) is 4.90 Å². The topological polar surface area (TPSA) is 96.3 Å². The van der Waals surface area contributed by atoms with E-state index in [9.17, 15) is 0 Å². The highest BCUT2D eigenvalue weighted by molar-refractivity contribution is 9.10. The number of rotatable bonds is 6. The molecule has 1 saturated heterocycles. The van der Waals surface area contributed by atoms with Crippen LogP contribution >= 0.6 is 15.9 Å². The van der Waals surface area contributed by atoms with E-state index < -0.39 is 11.9 Å². The molecule has 1 fully saturated rings. The molecule has 0 bridgehead atoms. The van der Waals surface area contributed by atoms with Gasteiger partial charge in [0, 0.05) is 13.1 Å². The first-order valence-corrected chi connectivity index (χ1v) is 8.84. The van der Waals surface area contributed by atoms with Crippen molar-refractivity contribution in [2.75, 3.05) is 39.5 Å². The molecule has 0 atom stereocenters. The molecule has 1 aromatic rings. The lowest BCUT2D eigenvalue weighted by Gasteiger charge is -2.26. The molecule has 0 aromatic heterocycles. The Bertz CT molecular complexity index is 548. The second-order valence-electron chi connectivity index (χ2n) is 5.55. The van der Waals surface area contributed by atoms with Gasteiger partial charge in [0.15, 0.2) is 0 Å². The molecule has 25 heavy (non-hydrogen) atoms. The van der Waals surface area contributed by atoms with Crippen molar-refractivity contribution in [1.29, 1.82) is 0 Å². The van der Waals surface area contributed by atoms with Crippen LogP contribution in [0.25, 0.3) is 0 Å². The number of carboxylic acids is 2. The summed E-state index contributed by atoms with van der Waals surface area (Å²) >= 11 is 3.53. The van der Waals surface area contributed by atoms with Crippen molar-refractivity contribution in [3.63, 3.8) is 0 Å². The molecule has 0 aliphatic carbocycles. The van der Waals surface area contributed by atoms with Crippen molar-refractivity contribution in [2.45, 2.75) is 19.8 Å². The Morgan fingerprint density at radius 1 is 1.20 bits per heavy atom. The molecule has 1 heterocycles. The molecular weight excluding hydrogens is 394 g/mol. The normalized spacial score (nSPS) is 14.3.